The van der Waals surface area contributed by atoms with Crippen molar-refractivity contribution < 1.29 is 9.84 Å². The summed E-state index contributed by atoms with van der Waals surface area (Å²) in [5, 5.41) is 22.0. The summed E-state index contributed by atoms with van der Waals surface area (Å²) in [6.45, 7) is 8.84. The van der Waals surface area contributed by atoms with Crippen LogP contribution in [0.2, 0.25) is 0 Å². The molecule has 2 aromatic rings. The third-order valence-corrected chi connectivity index (χ3v) is 5.31. The fourth-order valence-electron chi connectivity index (χ4n) is 3.46. The van der Waals surface area contributed by atoms with Crippen LogP contribution in [-0.4, -0.2) is 60.6 Å². The van der Waals surface area contributed by atoms with E-state index in [1.165, 1.54) is 0 Å². The number of aliphatic hydroxyl groups is 1. The van der Waals surface area contributed by atoms with E-state index in [9.17, 15) is 5.11 Å². The Bertz CT molecular complexity index is 1030. The lowest BCUT2D eigenvalue weighted by Crippen LogP contribution is -2.35. The first kappa shape index (κ1) is 24.0. The maximum absolute atomic E-state index is 10.6. The quantitative estimate of drug-likeness (QED) is 0.190. The van der Waals surface area contributed by atoms with Gasteiger partial charge in [0.1, 0.15) is 6.34 Å². The first-order valence-corrected chi connectivity index (χ1v) is 10.8. The van der Waals surface area contributed by atoms with Crippen LogP contribution in [0.5, 0.6) is 0 Å². The lowest BCUT2D eigenvalue weighted by atomic mass is 10.1. The molecule has 8 heteroatoms. The maximum Gasteiger partial charge on any atom is 0.168 e. The second-order valence-corrected chi connectivity index (χ2v) is 7.60. The zero-order valence-corrected chi connectivity index (χ0v) is 18.8. The molecule has 1 aliphatic rings. The molecule has 172 valence electrons. The van der Waals surface area contributed by atoms with Crippen LogP contribution in [0, 0.1) is 0 Å². The van der Waals surface area contributed by atoms with Gasteiger partial charge in [-0.05, 0) is 60.5 Å². The monoisotopic (exact) mass is 446 g/mol. The van der Waals surface area contributed by atoms with Crippen molar-refractivity contribution in [1.82, 2.24) is 9.88 Å². The molecule has 1 atom stereocenters. The van der Waals surface area contributed by atoms with E-state index in [1.54, 1.807) is 37.1 Å². The Kier molecular flexibility index (Phi) is 9.05. The molecule has 1 aromatic heterocycles. The Hall–Kier alpha value is -3.62. The zero-order chi connectivity index (χ0) is 23.5. The summed E-state index contributed by atoms with van der Waals surface area (Å²) >= 11 is 0. The average Bonchev–Trinajstić information content (AvgIpc) is 2.86. The van der Waals surface area contributed by atoms with Gasteiger partial charge in [-0.15, -0.1) is 5.10 Å². The fourth-order valence-corrected chi connectivity index (χ4v) is 3.46. The molecular weight excluding hydrogens is 416 g/mol. The standard InChI is InChI=1S/C25H30N6O2/c1-4-20(17-26-2)21-8-11-27-24(15-21)25(32)30-22-7-5-6-19(14-22)16-28-29-18-31(3)23-9-12-33-13-10-23/h4-8,11,14-18,23,25,30,32H,1-2,9-10,12-13H2,3H3/b20-17+,28-16+,29-18-. The van der Waals surface area contributed by atoms with Crippen LogP contribution < -0.4 is 5.32 Å². The fraction of sp³-hybridized carbons (Fsp3) is 0.280. The maximum atomic E-state index is 10.6. The van der Waals surface area contributed by atoms with E-state index in [1.807, 2.05) is 37.4 Å². The van der Waals surface area contributed by atoms with Crippen LogP contribution in [0.1, 0.15) is 35.9 Å². The van der Waals surface area contributed by atoms with Gasteiger partial charge in [-0.25, -0.2) is 0 Å². The van der Waals surface area contributed by atoms with E-state index in [-0.39, 0.29) is 0 Å². The third kappa shape index (κ3) is 7.20. The Morgan fingerprint density at radius 3 is 2.85 bits per heavy atom. The molecule has 33 heavy (non-hydrogen) atoms. The van der Waals surface area contributed by atoms with Gasteiger partial charge in [-0.2, -0.15) is 5.10 Å². The molecule has 1 saturated heterocycles. The first-order valence-electron chi connectivity index (χ1n) is 10.8. The van der Waals surface area contributed by atoms with Crippen molar-refractivity contribution in [2.24, 2.45) is 15.2 Å². The summed E-state index contributed by atoms with van der Waals surface area (Å²) in [4.78, 5) is 10.1. The van der Waals surface area contributed by atoms with Crippen LogP contribution in [0.15, 0.2) is 76.6 Å². The van der Waals surface area contributed by atoms with Gasteiger partial charge in [-0.1, -0.05) is 24.8 Å². The van der Waals surface area contributed by atoms with Crippen LogP contribution in [-0.2, 0) is 4.74 Å². The zero-order valence-electron chi connectivity index (χ0n) is 18.8. The molecule has 0 bridgehead atoms. The van der Waals surface area contributed by atoms with Crippen molar-refractivity contribution in [2.45, 2.75) is 25.1 Å². The van der Waals surface area contributed by atoms with Crippen molar-refractivity contribution in [3.8, 4) is 0 Å². The summed E-state index contributed by atoms with van der Waals surface area (Å²) in [6.07, 6.45) is 9.34. The number of nitrogens with zero attached hydrogens (tertiary/aromatic N) is 5. The smallest absolute Gasteiger partial charge is 0.168 e. The van der Waals surface area contributed by atoms with Crippen molar-refractivity contribution in [1.29, 1.82) is 0 Å². The minimum absolute atomic E-state index is 0.435. The van der Waals surface area contributed by atoms with Gasteiger partial charge in [0.2, 0.25) is 0 Å². The summed E-state index contributed by atoms with van der Waals surface area (Å²) in [6, 6.07) is 11.6. The lowest BCUT2D eigenvalue weighted by Gasteiger charge is -2.29. The Morgan fingerprint density at radius 2 is 2.09 bits per heavy atom. The number of aliphatic hydroxyl groups excluding tert-OH is 1. The van der Waals surface area contributed by atoms with E-state index in [4.69, 9.17) is 4.74 Å². The van der Waals surface area contributed by atoms with Gasteiger partial charge in [0.25, 0.3) is 0 Å². The number of anilines is 1. The van der Waals surface area contributed by atoms with Crippen molar-refractivity contribution in [3.05, 3.63) is 78.3 Å². The van der Waals surface area contributed by atoms with Crippen molar-refractivity contribution in [3.63, 3.8) is 0 Å². The number of ether oxygens (including phenoxy) is 1. The number of hydrogen-bond donors (Lipinski definition) is 2. The molecule has 0 aliphatic carbocycles. The van der Waals surface area contributed by atoms with E-state index >= 15 is 0 Å². The number of aromatic nitrogens is 1. The largest absolute Gasteiger partial charge is 0.381 e. The topological polar surface area (TPSA) is 94.7 Å². The molecule has 1 fully saturated rings. The number of nitrogens with one attached hydrogen (secondary N) is 1. The molecular formula is C25H30N6O2. The number of aliphatic imine (C=N–C) groups is 1. The second kappa shape index (κ2) is 12.4. The van der Waals surface area contributed by atoms with Gasteiger partial charge in [0.15, 0.2) is 6.23 Å². The molecule has 2 heterocycles. The predicted octanol–water partition coefficient (Wildman–Crippen LogP) is 3.89. The summed E-state index contributed by atoms with van der Waals surface area (Å²) < 4.78 is 5.39. The Labute approximate surface area is 194 Å². The molecule has 8 nitrogen and oxygen atoms in total. The van der Waals surface area contributed by atoms with E-state index in [0.29, 0.717) is 11.7 Å². The van der Waals surface area contributed by atoms with Gasteiger partial charge >= 0.3 is 0 Å². The molecule has 0 radical (unpaired) electrons. The summed E-state index contributed by atoms with van der Waals surface area (Å²) in [7, 11) is 2.01. The van der Waals surface area contributed by atoms with Gasteiger partial charge in [-0.3, -0.25) is 9.98 Å². The normalized spacial score (nSPS) is 16.1. The highest BCUT2D eigenvalue weighted by atomic mass is 16.5. The molecule has 1 aromatic carbocycles. The highest BCUT2D eigenvalue weighted by Crippen LogP contribution is 2.21. The van der Waals surface area contributed by atoms with Crippen molar-refractivity contribution >= 4 is 30.5 Å². The van der Waals surface area contributed by atoms with Crippen molar-refractivity contribution in [2.75, 3.05) is 25.6 Å². The van der Waals surface area contributed by atoms with Gasteiger partial charge in [0, 0.05) is 44.4 Å². The first-order chi connectivity index (χ1) is 16.1. The lowest BCUT2D eigenvalue weighted by molar-refractivity contribution is 0.0615. The van der Waals surface area contributed by atoms with Crippen LogP contribution in [0.3, 0.4) is 0 Å². The molecule has 2 N–H and O–H groups in total. The Balaban J connectivity index is 1.62. The minimum atomic E-state index is -0.994. The summed E-state index contributed by atoms with van der Waals surface area (Å²) in [5.41, 5.74) is 3.70. The average molecular weight is 447 g/mol. The highest BCUT2D eigenvalue weighted by molar-refractivity contribution is 5.81. The SMILES string of the molecule is C=C/C(=C\N=C)c1ccnc(C(O)Nc2cccc(/C=N/N=C\N(C)C3CCOCC3)c2)c1. The molecule has 1 aliphatic heterocycles. The predicted molar refractivity (Wildman–Crippen MR) is 135 cm³/mol. The number of rotatable bonds is 10. The number of benzene rings is 1. The second-order valence-electron chi connectivity index (χ2n) is 7.60. The number of allylic oxidation sites excluding steroid dienone is 2. The molecule has 1 unspecified atom stereocenters. The van der Waals surface area contributed by atoms with E-state index in [0.717, 1.165) is 48.4 Å². The van der Waals surface area contributed by atoms with Gasteiger partial charge in [0.05, 0.1) is 11.9 Å². The van der Waals surface area contributed by atoms with Gasteiger partial charge < -0.3 is 20.1 Å². The third-order valence-electron chi connectivity index (χ3n) is 5.31. The highest BCUT2D eigenvalue weighted by Gasteiger charge is 2.16. The Morgan fingerprint density at radius 1 is 1.27 bits per heavy atom. The van der Waals surface area contributed by atoms with Crippen LogP contribution in [0.25, 0.3) is 5.57 Å². The van der Waals surface area contributed by atoms with Crippen LogP contribution in [0.4, 0.5) is 5.69 Å². The molecule has 3 rings (SSSR count). The molecule has 0 saturated carbocycles. The minimum Gasteiger partial charge on any atom is -0.381 e. The number of pyridine rings is 1. The molecule has 0 spiro atoms. The number of hydrogen-bond acceptors (Lipinski definition) is 7. The van der Waals surface area contributed by atoms with Crippen LogP contribution >= 0.6 is 0 Å². The van der Waals surface area contributed by atoms with E-state index in [2.05, 4.69) is 43.7 Å². The summed E-state index contributed by atoms with van der Waals surface area (Å²) in [5.74, 6) is 0. The van der Waals surface area contributed by atoms with E-state index < -0.39 is 6.23 Å². The molecule has 0 amide bonds.